The van der Waals surface area contributed by atoms with Gasteiger partial charge >= 0.3 is 0 Å². The number of pyridine rings is 2. The zero-order chi connectivity index (χ0) is 22.9. The van der Waals surface area contributed by atoms with Crippen molar-refractivity contribution < 1.29 is 14.3 Å². The second-order valence-corrected chi connectivity index (χ2v) is 7.57. The number of rotatable bonds is 8. The van der Waals surface area contributed by atoms with Crippen LogP contribution < -0.4 is 20.1 Å². The summed E-state index contributed by atoms with van der Waals surface area (Å²) >= 11 is 0. The number of aromatic amines is 1. The van der Waals surface area contributed by atoms with Crippen molar-refractivity contribution in [3.05, 3.63) is 30.6 Å². The number of aromatic nitrogens is 3. The number of anilines is 1. The molecular formula is C24H33N5O3. The van der Waals surface area contributed by atoms with Crippen molar-refractivity contribution in [2.24, 2.45) is 5.92 Å². The van der Waals surface area contributed by atoms with E-state index in [4.69, 9.17) is 9.47 Å². The molecule has 32 heavy (non-hydrogen) atoms. The average molecular weight is 440 g/mol. The Morgan fingerprint density at radius 2 is 1.97 bits per heavy atom. The van der Waals surface area contributed by atoms with Crippen LogP contribution in [0.15, 0.2) is 30.6 Å². The fraction of sp³-hybridized carbons (Fsp3) is 0.458. The summed E-state index contributed by atoms with van der Waals surface area (Å²) in [7, 11) is 3.60. The first-order valence-corrected chi connectivity index (χ1v) is 11.3. The number of methoxy groups -OCH3 is 1. The van der Waals surface area contributed by atoms with Gasteiger partial charge in [0.2, 0.25) is 12.3 Å². The lowest BCUT2D eigenvalue weighted by Crippen LogP contribution is -2.08. The topological polar surface area (TPSA) is 101 Å². The van der Waals surface area contributed by atoms with Crippen LogP contribution in [0.2, 0.25) is 0 Å². The molecular weight excluding hydrogens is 406 g/mol. The number of fused-ring (bicyclic) bond motifs is 1. The van der Waals surface area contributed by atoms with Crippen LogP contribution in [0, 0.1) is 5.92 Å². The van der Waals surface area contributed by atoms with Crippen molar-refractivity contribution >= 4 is 23.3 Å². The molecule has 172 valence electrons. The Bertz CT molecular complexity index is 1010. The molecule has 0 bridgehead atoms. The first-order valence-electron chi connectivity index (χ1n) is 11.3. The predicted molar refractivity (Wildman–Crippen MR) is 127 cm³/mol. The highest BCUT2D eigenvalue weighted by Crippen LogP contribution is 2.42. The van der Waals surface area contributed by atoms with E-state index >= 15 is 0 Å². The number of ether oxygens (including phenoxy) is 2. The summed E-state index contributed by atoms with van der Waals surface area (Å²) in [5, 5.41) is 6.57. The Hall–Kier alpha value is -3.13. The third-order valence-electron chi connectivity index (χ3n) is 5.09. The smallest absolute Gasteiger partial charge is 0.224 e. The minimum absolute atomic E-state index is 0.266. The van der Waals surface area contributed by atoms with Crippen LogP contribution in [0.1, 0.15) is 39.5 Å². The lowest BCUT2D eigenvalue weighted by atomic mass is 10.1. The fourth-order valence-corrected chi connectivity index (χ4v) is 3.26. The van der Waals surface area contributed by atoms with Gasteiger partial charge in [-0.15, -0.1) is 0 Å². The highest BCUT2D eigenvalue weighted by Gasteiger charge is 2.27. The van der Waals surface area contributed by atoms with E-state index in [0.29, 0.717) is 23.8 Å². The summed E-state index contributed by atoms with van der Waals surface area (Å²) in [6.07, 6.45) is 9.45. The molecule has 0 radical (unpaired) electrons. The van der Waals surface area contributed by atoms with Crippen molar-refractivity contribution in [1.82, 2.24) is 20.3 Å². The van der Waals surface area contributed by atoms with Crippen LogP contribution in [0.3, 0.4) is 0 Å². The van der Waals surface area contributed by atoms with Crippen LogP contribution in [-0.4, -0.2) is 48.2 Å². The number of nitrogens with zero attached hydrogens (tertiary/aromatic N) is 2. The summed E-state index contributed by atoms with van der Waals surface area (Å²) in [6, 6.07) is 5.50. The Morgan fingerprint density at radius 1 is 1.19 bits per heavy atom. The lowest BCUT2D eigenvalue weighted by molar-refractivity contribution is -0.105. The van der Waals surface area contributed by atoms with Crippen molar-refractivity contribution in [3.63, 3.8) is 0 Å². The highest BCUT2D eigenvalue weighted by atomic mass is 16.5. The number of hydrogen-bond donors (Lipinski definition) is 3. The summed E-state index contributed by atoms with van der Waals surface area (Å²) in [5.74, 6) is 2.78. The van der Waals surface area contributed by atoms with Gasteiger partial charge in [0.1, 0.15) is 17.2 Å². The molecule has 1 amide bonds. The van der Waals surface area contributed by atoms with E-state index in [-0.39, 0.29) is 6.10 Å². The zero-order valence-corrected chi connectivity index (χ0v) is 19.3. The minimum atomic E-state index is 0.266. The minimum Gasteiger partial charge on any atom is -0.490 e. The second kappa shape index (κ2) is 11.5. The standard InChI is InChI=1S/C17H16N4O3.C5H11N.C2H6/c1-23-17-15(13(6-7-18-17)24-10-2-3-10)12-8-19-16-11(12)4-5-14(21-16)20-9-22;1-6-4-5-2-3-5;1-2/h4-10H,2-3H2,1H3,(H2,19,20,21,22);5-6H,2-4H2,1H3;1-2H3. The van der Waals surface area contributed by atoms with Crippen LogP contribution in [0.4, 0.5) is 5.82 Å². The van der Waals surface area contributed by atoms with E-state index in [2.05, 4.69) is 25.6 Å². The van der Waals surface area contributed by atoms with Gasteiger partial charge in [0, 0.05) is 23.3 Å². The molecule has 0 spiro atoms. The monoisotopic (exact) mass is 439 g/mol. The Labute approximate surface area is 189 Å². The molecule has 0 atom stereocenters. The average Bonchev–Trinajstić information content (AvgIpc) is 3.76. The van der Waals surface area contributed by atoms with Gasteiger partial charge in [0.05, 0.1) is 18.8 Å². The van der Waals surface area contributed by atoms with Gasteiger partial charge in [-0.05, 0) is 63.4 Å². The molecule has 0 saturated heterocycles. The molecule has 0 aromatic carbocycles. The molecule has 2 aliphatic rings. The maximum atomic E-state index is 10.6. The summed E-state index contributed by atoms with van der Waals surface area (Å²) in [4.78, 5) is 22.4. The third-order valence-corrected chi connectivity index (χ3v) is 5.09. The quantitative estimate of drug-likeness (QED) is 0.450. The van der Waals surface area contributed by atoms with Gasteiger partial charge in [-0.3, -0.25) is 4.79 Å². The van der Waals surface area contributed by atoms with E-state index in [1.165, 1.54) is 19.4 Å². The Morgan fingerprint density at radius 3 is 2.56 bits per heavy atom. The molecule has 3 heterocycles. The SMILES string of the molecule is CC.CNCC1CC1.COc1nccc(OC2CC2)c1-c1c[nH]c2nc(NC=O)ccc12. The zero-order valence-electron chi connectivity index (χ0n) is 19.3. The predicted octanol–water partition coefficient (Wildman–Crippen LogP) is 4.39. The number of nitrogens with one attached hydrogen (secondary N) is 3. The van der Waals surface area contributed by atoms with Crippen LogP contribution in [0.25, 0.3) is 22.2 Å². The highest BCUT2D eigenvalue weighted by molar-refractivity contribution is 5.97. The molecule has 2 aliphatic carbocycles. The first kappa shape index (κ1) is 23.5. The van der Waals surface area contributed by atoms with Crippen LogP contribution >= 0.6 is 0 Å². The van der Waals surface area contributed by atoms with E-state index in [9.17, 15) is 4.79 Å². The van der Waals surface area contributed by atoms with E-state index in [1.54, 1.807) is 19.4 Å². The molecule has 2 fully saturated rings. The maximum absolute atomic E-state index is 10.6. The Balaban J connectivity index is 0.000000309. The molecule has 0 aliphatic heterocycles. The van der Waals surface area contributed by atoms with E-state index < -0.39 is 0 Å². The molecule has 2 saturated carbocycles. The molecule has 0 unspecified atom stereocenters. The summed E-state index contributed by atoms with van der Waals surface area (Å²) < 4.78 is 11.5. The van der Waals surface area contributed by atoms with Crippen molar-refractivity contribution in [2.75, 3.05) is 26.0 Å². The molecule has 5 rings (SSSR count). The van der Waals surface area contributed by atoms with Crippen molar-refractivity contribution in [3.8, 4) is 22.8 Å². The largest absolute Gasteiger partial charge is 0.490 e. The van der Waals surface area contributed by atoms with Gasteiger partial charge in [-0.2, -0.15) is 0 Å². The van der Waals surface area contributed by atoms with Crippen LogP contribution in [-0.2, 0) is 4.79 Å². The summed E-state index contributed by atoms with van der Waals surface area (Å²) in [6.45, 7) is 5.24. The van der Waals surface area contributed by atoms with Gasteiger partial charge in [-0.25, -0.2) is 9.97 Å². The second-order valence-electron chi connectivity index (χ2n) is 7.57. The number of hydrogen-bond acceptors (Lipinski definition) is 6. The van der Waals surface area contributed by atoms with Gasteiger partial charge in [0.15, 0.2) is 0 Å². The normalized spacial score (nSPS) is 14.5. The van der Waals surface area contributed by atoms with Gasteiger partial charge < -0.3 is 25.1 Å². The van der Waals surface area contributed by atoms with Gasteiger partial charge in [-0.1, -0.05) is 13.8 Å². The van der Waals surface area contributed by atoms with Gasteiger partial charge in [0.25, 0.3) is 0 Å². The van der Waals surface area contributed by atoms with Crippen LogP contribution in [0.5, 0.6) is 11.6 Å². The number of amides is 1. The molecule has 3 aromatic rings. The number of H-pyrrole nitrogens is 1. The van der Waals surface area contributed by atoms with E-state index in [0.717, 1.165) is 41.0 Å². The maximum Gasteiger partial charge on any atom is 0.224 e. The first-order chi connectivity index (χ1) is 15.7. The fourth-order valence-electron chi connectivity index (χ4n) is 3.26. The third kappa shape index (κ3) is 5.97. The Kier molecular flexibility index (Phi) is 8.44. The molecule has 8 heteroatoms. The number of carbonyl (C=O) groups is 1. The van der Waals surface area contributed by atoms with Crippen molar-refractivity contribution in [2.45, 2.75) is 45.6 Å². The van der Waals surface area contributed by atoms with E-state index in [1.807, 2.05) is 39.2 Å². The molecule has 3 aromatic heterocycles. The molecule has 8 nitrogen and oxygen atoms in total. The molecule has 3 N–H and O–H groups in total. The number of carbonyl (C=O) groups excluding carboxylic acids is 1. The van der Waals surface area contributed by atoms with Crippen molar-refractivity contribution in [1.29, 1.82) is 0 Å². The summed E-state index contributed by atoms with van der Waals surface area (Å²) in [5.41, 5.74) is 2.37. The lowest BCUT2D eigenvalue weighted by Gasteiger charge is -2.13.